The Morgan fingerprint density at radius 3 is 2.62 bits per heavy atom. The molecule has 24 heavy (non-hydrogen) atoms. The zero-order valence-electron chi connectivity index (χ0n) is 13.9. The Bertz CT molecular complexity index is 764. The van der Waals surface area contributed by atoms with E-state index in [1.54, 1.807) is 0 Å². The lowest BCUT2D eigenvalue weighted by Crippen LogP contribution is -2.46. The van der Waals surface area contributed by atoms with E-state index in [1.165, 1.54) is 17.0 Å². The maximum Gasteiger partial charge on any atom is 0.253 e. The Hall–Kier alpha value is -2.02. The summed E-state index contributed by atoms with van der Waals surface area (Å²) in [6.45, 7) is 1.80. The van der Waals surface area contributed by atoms with Gasteiger partial charge in [0.25, 0.3) is 5.56 Å². The highest BCUT2D eigenvalue weighted by molar-refractivity contribution is 5.62. The Morgan fingerprint density at radius 1 is 1.25 bits per heavy atom. The van der Waals surface area contributed by atoms with Crippen molar-refractivity contribution in [3.05, 3.63) is 52.6 Å². The molecular weight excluding hydrogens is 306 g/mol. The topological polar surface area (TPSA) is 78.6 Å². The zero-order valence-corrected chi connectivity index (χ0v) is 13.9. The number of likely N-dealkylation sites (tertiary alicyclic amines) is 1. The average Bonchev–Trinajstić information content (AvgIpc) is 2.59. The SMILES string of the molecule is CN1CCC(O)(Cn2cnc(-c3ccccc3CO)cc2=O)CC1. The molecule has 0 saturated carbocycles. The van der Waals surface area contributed by atoms with Crippen molar-refractivity contribution in [1.82, 2.24) is 14.5 Å². The summed E-state index contributed by atoms with van der Waals surface area (Å²) in [5.74, 6) is 0. The molecular formula is C18H23N3O3. The lowest BCUT2D eigenvalue weighted by atomic mass is 9.91. The molecule has 1 aromatic carbocycles. The molecule has 1 aliphatic rings. The van der Waals surface area contributed by atoms with E-state index in [0.29, 0.717) is 18.5 Å². The summed E-state index contributed by atoms with van der Waals surface area (Å²) in [5.41, 5.74) is 0.970. The van der Waals surface area contributed by atoms with E-state index in [-0.39, 0.29) is 18.7 Å². The van der Waals surface area contributed by atoms with Crippen molar-refractivity contribution >= 4 is 0 Å². The van der Waals surface area contributed by atoms with Crippen LogP contribution in [0.5, 0.6) is 0 Å². The lowest BCUT2D eigenvalue weighted by Gasteiger charge is -2.36. The second-order valence-electron chi connectivity index (χ2n) is 6.58. The molecule has 0 atom stereocenters. The van der Waals surface area contributed by atoms with Crippen LogP contribution in [0, 0.1) is 0 Å². The fourth-order valence-electron chi connectivity index (χ4n) is 3.11. The van der Waals surface area contributed by atoms with E-state index in [0.717, 1.165) is 24.2 Å². The lowest BCUT2D eigenvalue weighted by molar-refractivity contribution is -0.0299. The largest absolute Gasteiger partial charge is 0.392 e. The minimum absolute atomic E-state index is 0.103. The van der Waals surface area contributed by atoms with Crippen LogP contribution in [0.15, 0.2) is 41.5 Å². The second kappa shape index (κ2) is 6.84. The Kier molecular flexibility index (Phi) is 4.80. The summed E-state index contributed by atoms with van der Waals surface area (Å²) in [7, 11) is 2.03. The van der Waals surface area contributed by atoms with E-state index >= 15 is 0 Å². The van der Waals surface area contributed by atoms with Gasteiger partial charge in [-0.05, 0) is 25.5 Å². The van der Waals surface area contributed by atoms with Crippen LogP contribution in [0.4, 0.5) is 0 Å². The molecule has 2 heterocycles. The molecule has 0 bridgehead atoms. The molecule has 6 nitrogen and oxygen atoms in total. The molecule has 0 radical (unpaired) electrons. The number of hydrogen-bond donors (Lipinski definition) is 2. The van der Waals surface area contributed by atoms with Crippen LogP contribution in [-0.2, 0) is 13.2 Å². The van der Waals surface area contributed by atoms with Crippen LogP contribution >= 0.6 is 0 Å². The quantitative estimate of drug-likeness (QED) is 0.870. The third-order valence-electron chi connectivity index (χ3n) is 4.73. The molecule has 1 saturated heterocycles. The highest BCUT2D eigenvalue weighted by atomic mass is 16.3. The minimum Gasteiger partial charge on any atom is -0.392 e. The number of aliphatic hydroxyl groups is 2. The van der Waals surface area contributed by atoms with Crippen LogP contribution in [0.3, 0.4) is 0 Å². The summed E-state index contributed by atoms with van der Waals surface area (Å²) >= 11 is 0. The molecule has 3 rings (SSSR count). The van der Waals surface area contributed by atoms with Gasteiger partial charge in [-0.1, -0.05) is 24.3 Å². The first-order valence-corrected chi connectivity index (χ1v) is 8.17. The van der Waals surface area contributed by atoms with Crippen molar-refractivity contribution in [3.8, 4) is 11.3 Å². The highest BCUT2D eigenvalue weighted by Crippen LogP contribution is 2.24. The van der Waals surface area contributed by atoms with Gasteiger partial charge in [-0.25, -0.2) is 4.98 Å². The van der Waals surface area contributed by atoms with Gasteiger partial charge in [0.1, 0.15) is 0 Å². The smallest absolute Gasteiger partial charge is 0.253 e. The summed E-state index contributed by atoms with van der Waals surface area (Å²) in [5, 5.41) is 20.1. The predicted octanol–water partition coefficient (Wildman–Crippen LogP) is 0.859. The van der Waals surface area contributed by atoms with Gasteiger partial charge in [0.15, 0.2) is 0 Å². The number of piperidine rings is 1. The Balaban J connectivity index is 1.84. The van der Waals surface area contributed by atoms with Gasteiger partial charge in [0.05, 0.1) is 30.8 Å². The fourth-order valence-corrected chi connectivity index (χ4v) is 3.11. The first kappa shape index (κ1) is 16.8. The second-order valence-corrected chi connectivity index (χ2v) is 6.58. The third kappa shape index (κ3) is 3.56. The Labute approximate surface area is 141 Å². The van der Waals surface area contributed by atoms with Crippen molar-refractivity contribution in [2.75, 3.05) is 20.1 Å². The minimum atomic E-state index is -0.859. The van der Waals surface area contributed by atoms with Crippen LogP contribution in [0.25, 0.3) is 11.3 Å². The average molecular weight is 329 g/mol. The molecule has 2 aromatic rings. The van der Waals surface area contributed by atoms with E-state index < -0.39 is 5.60 Å². The summed E-state index contributed by atoms with van der Waals surface area (Å²) in [6, 6.07) is 8.80. The van der Waals surface area contributed by atoms with Gasteiger partial charge in [-0.2, -0.15) is 0 Å². The third-order valence-corrected chi connectivity index (χ3v) is 4.73. The maximum absolute atomic E-state index is 12.4. The number of hydrogen-bond acceptors (Lipinski definition) is 5. The number of benzene rings is 1. The molecule has 0 unspecified atom stereocenters. The van der Waals surface area contributed by atoms with Gasteiger partial charge in [-0.15, -0.1) is 0 Å². The maximum atomic E-state index is 12.4. The summed E-state index contributed by atoms with van der Waals surface area (Å²) in [6.07, 6.45) is 2.78. The normalized spacial score (nSPS) is 17.8. The summed E-state index contributed by atoms with van der Waals surface area (Å²) < 4.78 is 1.47. The van der Waals surface area contributed by atoms with Gasteiger partial charge >= 0.3 is 0 Å². The van der Waals surface area contributed by atoms with Crippen LogP contribution < -0.4 is 5.56 Å². The van der Waals surface area contributed by atoms with E-state index in [1.807, 2.05) is 31.3 Å². The highest BCUT2D eigenvalue weighted by Gasteiger charge is 2.31. The fraction of sp³-hybridized carbons (Fsp3) is 0.444. The monoisotopic (exact) mass is 329 g/mol. The number of nitrogens with zero attached hydrogens (tertiary/aromatic N) is 3. The van der Waals surface area contributed by atoms with Crippen LogP contribution in [-0.4, -0.2) is 50.4 Å². The predicted molar refractivity (Wildman–Crippen MR) is 91.5 cm³/mol. The first-order chi connectivity index (χ1) is 11.5. The molecule has 1 aromatic heterocycles. The van der Waals surface area contributed by atoms with Crippen molar-refractivity contribution in [2.24, 2.45) is 0 Å². The van der Waals surface area contributed by atoms with E-state index in [4.69, 9.17) is 0 Å². The molecule has 0 amide bonds. The molecule has 2 N–H and O–H groups in total. The van der Waals surface area contributed by atoms with Gasteiger partial charge < -0.3 is 15.1 Å². The first-order valence-electron chi connectivity index (χ1n) is 8.17. The number of aliphatic hydroxyl groups excluding tert-OH is 1. The van der Waals surface area contributed by atoms with Crippen molar-refractivity contribution in [3.63, 3.8) is 0 Å². The van der Waals surface area contributed by atoms with Gasteiger partial charge in [0.2, 0.25) is 0 Å². The van der Waals surface area contributed by atoms with Crippen molar-refractivity contribution in [2.45, 2.75) is 31.6 Å². The van der Waals surface area contributed by atoms with Crippen molar-refractivity contribution in [1.29, 1.82) is 0 Å². The van der Waals surface area contributed by atoms with E-state index in [2.05, 4.69) is 9.88 Å². The van der Waals surface area contributed by atoms with Gasteiger partial charge in [0, 0.05) is 24.7 Å². The van der Waals surface area contributed by atoms with Crippen molar-refractivity contribution < 1.29 is 10.2 Å². The van der Waals surface area contributed by atoms with Gasteiger partial charge in [-0.3, -0.25) is 9.36 Å². The molecule has 1 aliphatic heterocycles. The molecule has 128 valence electrons. The van der Waals surface area contributed by atoms with Crippen LogP contribution in [0.2, 0.25) is 0 Å². The number of rotatable bonds is 4. The molecule has 1 fully saturated rings. The molecule has 0 aliphatic carbocycles. The van der Waals surface area contributed by atoms with Crippen LogP contribution in [0.1, 0.15) is 18.4 Å². The molecule has 0 spiro atoms. The molecule has 6 heteroatoms. The standard InChI is InChI=1S/C18H23N3O3/c1-20-8-6-18(24,7-9-20)12-21-13-19-16(10-17(21)23)15-5-3-2-4-14(15)11-22/h2-5,10,13,22,24H,6-9,11-12H2,1H3. The Morgan fingerprint density at radius 2 is 1.96 bits per heavy atom. The number of aromatic nitrogens is 2. The van der Waals surface area contributed by atoms with E-state index in [9.17, 15) is 15.0 Å². The summed E-state index contributed by atoms with van der Waals surface area (Å²) in [4.78, 5) is 19.0. The zero-order chi connectivity index (χ0) is 17.2.